The number of thiazole rings is 1. The van der Waals surface area contributed by atoms with Gasteiger partial charge in [0.15, 0.2) is 0 Å². The van der Waals surface area contributed by atoms with Gasteiger partial charge in [-0.2, -0.15) is 13.2 Å². The van der Waals surface area contributed by atoms with Crippen LogP contribution in [0.3, 0.4) is 0 Å². The Morgan fingerprint density at radius 2 is 1.87 bits per heavy atom. The van der Waals surface area contributed by atoms with Crippen molar-refractivity contribution in [3.8, 4) is 0 Å². The predicted molar refractivity (Wildman–Crippen MR) is 112 cm³/mol. The molecule has 6 nitrogen and oxygen atoms in total. The maximum absolute atomic E-state index is 12.8. The first-order valence-corrected chi connectivity index (χ1v) is 10.4. The van der Waals surface area contributed by atoms with E-state index >= 15 is 0 Å². The summed E-state index contributed by atoms with van der Waals surface area (Å²) < 4.78 is 44.6. The van der Waals surface area contributed by atoms with Gasteiger partial charge in [0.25, 0.3) is 5.56 Å². The third kappa shape index (κ3) is 7.09. The zero-order chi connectivity index (χ0) is 23.2. The van der Waals surface area contributed by atoms with Crippen LogP contribution in [0.5, 0.6) is 0 Å². The highest BCUT2D eigenvalue weighted by Gasteiger charge is 2.29. The molecule has 1 aromatic heterocycles. The van der Waals surface area contributed by atoms with Gasteiger partial charge in [0.05, 0.1) is 22.8 Å². The maximum atomic E-state index is 12.8. The number of nitrogens with zero attached hydrogens (tertiary/aromatic N) is 1. The maximum Gasteiger partial charge on any atom is 0.416 e. The molecule has 1 amide bonds. The van der Waals surface area contributed by atoms with Crippen LogP contribution in [0.25, 0.3) is 12.2 Å². The molecule has 0 aliphatic rings. The lowest BCUT2D eigenvalue weighted by Crippen LogP contribution is -2.39. The average Bonchev–Trinajstić information content (AvgIpc) is 2.95. The van der Waals surface area contributed by atoms with Crippen LogP contribution < -0.4 is 20.1 Å². The number of halogens is 3. The van der Waals surface area contributed by atoms with Gasteiger partial charge in [-0.05, 0) is 36.6 Å². The van der Waals surface area contributed by atoms with E-state index in [4.69, 9.17) is 4.74 Å². The summed E-state index contributed by atoms with van der Waals surface area (Å²) in [5.41, 5.74) is -0.947. The van der Waals surface area contributed by atoms with Gasteiger partial charge in [0.2, 0.25) is 5.91 Å². The summed E-state index contributed by atoms with van der Waals surface area (Å²) in [6, 6.07) is 4.33. The minimum absolute atomic E-state index is 0.143. The van der Waals surface area contributed by atoms with E-state index in [1.165, 1.54) is 18.2 Å². The van der Waals surface area contributed by atoms with Crippen molar-refractivity contribution in [2.75, 3.05) is 13.2 Å². The fourth-order valence-corrected chi connectivity index (χ4v) is 3.55. The molecule has 31 heavy (non-hydrogen) atoms. The van der Waals surface area contributed by atoms with Gasteiger partial charge in [-0.1, -0.05) is 26.0 Å². The van der Waals surface area contributed by atoms with Crippen LogP contribution in [0.15, 0.2) is 29.1 Å². The molecule has 0 bridgehead atoms. The van der Waals surface area contributed by atoms with E-state index in [-0.39, 0.29) is 28.3 Å². The van der Waals surface area contributed by atoms with E-state index < -0.39 is 29.2 Å². The van der Waals surface area contributed by atoms with Crippen LogP contribution in [0, 0.1) is 5.92 Å². The number of nitrogens with one attached hydrogen (secondary N) is 1. The van der Waals surface area contributed by atoms with Crippen molar-refractivity contribution in [1.82, 2.24) is 9.88 Å². The van der Waals surface area contributed by atoms with Gasteiger partial charge in [-0.25, -0.2) is 4.79 Å². The molecule has 0 saturated heterocycles. The molecule has 2 aromatic rings. The second-order valence-electron chi connectivity index (χ2n) is 7.05. The number of benzene rings is 1. The lowest BCUT2D eigenvalue weighted by atomic mass is 10.1. The van der Waals surface area contributed by atoms with Crippen molar-refractivity contribution in [3.63, 3.8) is 0 Å². The highest BCUT2D eigenvalue weighted by atomic mass is 32.1. The Bertz CT molecular complexity index is 1100. The number of rotatable bonds is 7. The first-order chi connectivity index (χ1) is 14.5. The molecule has 0 radical (unpaired) electrons. The Balaban J connectivity index is 2.48. The smallest absolute Gasteiger partial charge is 0.416 e. The first-order valence-electron chi connectivity index (χ1n) is 9.55. The third-order valence-corrected chi connectivity index (χ3v) is 5.07. The fourth-order valence-electron chi connectivity index (χ4n) is 2.51. The van der Waals surface area contributed by atoms with Crippen LogP contribution in [-0.2, 0) is 27.0 Å². The number of hydrogen-bond donors (Lipinski definition) is 1. The second kappa shape index (κ2) is 10.4. The van der Waals surface area contributed by atoms with Crippen molar-refractivity contribution >= 4 is 35.4 Å². The summed E-state index contributed by atoms with van der Waals surface area (Å²) in [5, 5.41) is 2.70. The van der Waals surface area contributed by atoms with Crippen LogP contribution >= 0.6 is 11.3 Å². The SMILES string of the molecule is CCOC(=O)C=c1s/c(=C\c2ccc(C(F)(F)F)cc2)c(=O)n1CC(=O)NCC(C)C. The Morgan fingerprint density at radius 3 is 2.42 bits per heavy atom. The number of ether oxygens (including phenoxy) is 1. The molecule has 1 aromatic carbocycles. The number of carbonyl (C=O) groups excluding carboxylic acids is 2. The summed E-state index contributed by atoms with van der Waals surface area (Å²) in [5.74, 6) is -0.841. The minimum Gasteiger partial charge on any atom is -0.463 e. The highest BCUT2D eigenvalue weighted by molar-refractivity contribution is 7.07. The van der Waals surface area contributed by atoms with Crippen molar-refractivity contribution in [2.45, 2.75) is 33.5 Å². The lowest BCUT2D eigenvalue weighted by molar-refractivity contribution is -0.137. The third-order valence-electron chi connectivity index (χ3n) is 4.01. The molecule has 10 heteroatoms. The van der Waals surface area contributed by atoms with Gasteiger partial charge in [0.1, 0.15) is 11.2 Å². The standard InChI is InChI=1S/C21H23F3N2O4S/c1-4-30-19(28)10-18-26(12-17(27)25-11-13(2)3)20(29)16(31-18)9-14-5-7-15(8-6-14)21(22,23)24/h5-10,13H,4,11-12H2,1-3H3,(H,25,27)/b16-9-,18-10?. The summed E-state index contributed by atoms with van der Waals surface area (Å²) in [4.78, 5) is 36.9. The quantitative estimate of drug-likeness (QED) is 0.646. The van der Waals surface area contributed by atoms with E-state index in [9.17, 15) is 27.6 Å². The second-order valence-corrected chi connectivity index (χ2v) is 8.12. The number of esters is 1. The predicted octanol–water partition coefficient (Wildman–Crippen LogP) is 1.87. The first kappa shape index (κ1) is 24.4. The summed E-state index contributed by atoms with van der Waals surface area (Å²) in [7, 11) is 0. The lowest BCUT2D eigenvalue weighted by Gasteiger charge is -2.07. The largest absolute Gasteiger partial charge is 0.463 e. The molecule has 0 spiro atoms. The number of hydrogen-bond acceptors (Lipinski definition) is 5. The molecule has 0 unspecified atom stereocenters. The molecule has 2 rings (SSSR count). The molecule has 1 N–H and O–H groups in total. The summed E-state index contributed by atoms with van der Waals surface area (Å²) in [6.07, 6.45) is -1.92. The van der Waals surface area contributed by atoms with Crippen molar-refractivity contribution in [2.24, 2.45) is 5.92 Å². The van der Waals surface area contributed by atoms with E-state index in [0.29, 0.717) is 12.1 Å². The molecule has 0 saturated carbocycles. The van der Waals surface area contributed by atoms with Gasteiger partial charge in [-0.15, -0.1) is 11.3 Å². The zero-order valence-corrected chi connectivity index (χ0v) is 18.1. The van der Waals surface area contributed by atoms with E-state index in [1.807, 2.05) is 13.8 Å². The number of aromatic nitrogens is 1. The molecule has 168 valence electrons. The summed E-state index contributed by atoms with van der Waals surface area (Å²) in [6.45, 7) is 5.76. The van der Waals surface area contributed by atoms with E-state index in [1.54, 1.807) is 6.92 Å². The van der Waals surface area contributed by atoms with Crippen LogP contribution in [0.4, 0.5) is 13.2 Å². The highest BCUT2D eigenvalue weighted by Crippen LogP contribution is 2.29. The van der Waals surface area contributed by atoms with E-state index in [0.717, 1.165) is 34.1 Å². The molecule has 0 aliphatic heterocycles. The zero-order valence-electron chi connectivity index (χ0n) is 17.3. The number of amides is 1. The fraction of sp³-hybridized carbons (Fsp3) is 0.381. The van der Waals surface area contributed by atoms with Crippen LogP contribution in [-0.4, -0.2) is 29.6 Å². The minimum atomic E-state index is -4.46. The molecule has 1 heterocycles. The molecular weight excluding hydrogens is 433 g/mol. The Hall–Kier alpha value is -2.88. The van der Waals surface area contributed by atoms with Gasteiger partial charge >= 0.3 is 12.1 Å². The van der Waals surface area contributed by atoms with Crippen molar-refractivity contribution in [1.29, 1.82) is 0 Å². The normalized spacial score (nSPS) is 13.0. The molecule has 0 fully saturated rings. The topological polar surface area (TPSA) is 77.4 Å². The average molecular weight is 456 g/mol. The molecular formula is C21H23F3N2O4S. The van der Waals surface area contributed by atoms with Gasteiger partial charge < -0.3 is 10.1 Å². The van der Waals surface area contributed by atoms with Crippen molar-refractivity contribution in [3.05, 3.63) is 54.9 Å². The number of carbonyl (C=O) groups is 2. The van der Waals surface area contributed by atoms with Crippen molar-refractivity contribution < 1.29 is 27.5 Å². The Kier molecular flexibility index (Phi) is 8.21. The molecule has 0 atom stereocenters. The molecule has 0 aliphatic carbocycles. The van der Waals surface area contributed by atoms with Gasteiger partial charge in [0, 0.05) is 6.54 Å². The van der Waals surface area contributed by atoms with Crippen LogP contribution in [0.1, 0.15) is 31.9 Å². The number of alkyl halides is 3. The Labute approximate surface area is 180 Å². The van der Waals surface area contributed by atoms with Crippen LogP contribution in [0.2, 0.25) is 0 Å². The van der Waals surface area contributed by atoms with E-state index in [2.05, 4.69) is 5.32 Å². The van der Waals surface area contributed by atoms with Gasteiger partial charge in [-0.3, -0.25) is 14.2 Å². The Morgan fingerprint density at radius 1 is 1.23 bits per heavy atom. The monoisotopic (exact) mass is 456 g/mol. The summed E-state index contributed by atoms with van der Waals surface area (Å²) >= 11 is 0.948.